The van der Waals surface area contributed by atoms with E-state index < -0.39 is 0 Å². The first-order valence-corrected chi connectivity index (χ1v) is 6.42. The maximum Gasteiger partial charge on any atom is 0.244 e. The normalized spacial score (nSPS) is 23.8. The van der Waals surface area contributed by atoms with Crippen molar-refractivity contribution in [1.82, 2.24) is 10.3 Å². The molecule has 4 heteroatoms. The van der Waals surface area contributed by atoms with Gasteiger partial charge in [0.25, 0.3) is 0 Å². The first kappa shape index (κ1) is 13.0. The van der Waals surface area contributed by atoms with Crippen LogP contribution >= 0.6 is 0 Å². The molecule has 98 valence electrons. The summed E-state index contributed by atoms with van der Waals surface area (Å²) in [5.41, 5.74) is 1.08. The number of rotatable bonds is 2. The zero-order chi connectivity index (χ0) is 13.2. The summed E-state index contributed by atoms with van der Waals surface area (Å²) in [6.45, 7) is 5.19. The van der Waals surface area contributed by atoms with E-state index in [1.54, 1.807) is 12.4 Å². The molecule has 1 atom stereocenters. The van der Waals surface area contributed by atoms with E-state index in [-0.39, 0.29) is 17.4 Å². The van der Waals surface area contributed by atoms with E-state index in [9.17, 15) is 4.79 Å². The molecule has 0 saturated carbocycles. The Kier molecular flexibility index (Phi) is 3.66. The number of likely N-dealkylation sites (N-methyl/N-ethyl adjacent to an activating group) is 1. The first-order chi connectivity index (χ1) is 8.53. The fourth-order valence-corrected chi connectivity index (χ4v) is 2.44. The highest BCUT2D eigenvalue weighted by atomic mass is 16.2. The summed E-state index contributed by atoms with van der Waals surface area (Å²) in [6.07, 6.45) is 5.40. The number of nitrogens with one attached hydrogen (secondary N) is 1. The molecule has 1 aliphatic heterocycles. The number of nitrogens with zero attached hydrogens (tertiary/aromatic N) is 2. The molecule has 1 unspecified atom stereocenters. The molecule has 1 aromatic heterocycles. The highest BCUT2D eigenvalue weighted by Crippen LogP contribution is 2.31. The Hall–Kier alpha value is -1.42. The predicted octanol–water partition coefficient (Wildman–Crippen LogP) is 1.82. The van der Waals surface area contributed by atoms with Crippen LogP contribution in [0.1, 0.15) is 26.7 Å². The SMILES string of the molecule is CNC1CCC(C)(C)CN(c2ccncc2)C1=O. The van der Waals surface area contributed by atoms with Gasteiger partial charge in [0.1, 0.15) is 0 Å². The van der Waals surface area contributed by atoms with Gasteiger partial charge in [0.2, 0.25) is 5.91 Å². The molecule has 0 radical (unpaired) electrons. The van der Waals surface area contributed by atoms with E-state index in [1.807, 2.05) is 24.1 Å². The van der Waals surface area contributed by atoms with Gasteiger partial charge in [0.15, 0.2) is 0 Å². The summed E-state index contributed by atoms with van der Waals surface area (Å²) >= 11 is 0. The average molecular weight is 247 g/mol. The fourth-order valence-electron chi connectivity index (χ4n) is 2.44. The van der Waals surface area contributed by atoms with Gasteiger partial charge in [-0.3, -0.25) is 9.78 Å². The topological polar surface area (TPSA) is 45.2 Å². The second-order valence-electron chi connectivity index (χ2n) is 5.67. The van der Waals surface area contributed by atoms with Crippen molar-refractivity contribution in [2.24, 2.45) is 5.41 Å². The van der Waals surface area contributed by atoms with Gasteiger partial charge in [-0.1, -0.05) is 13.8 Å². The van der Waals surface area contributed by atoms with Crippen LogP contribution in [0.5, 0.6) is 0 Å². The molecule has 1 amide bonds. The van der Waals surface area contributed by atoms with Crippen LogP contribution in [0.3, 0.4) is 0 Å². The van der Waals surface area contributed by atoms with Crippen LogP contribution < -0.4 is 10.2 Å². The van der Waals surface area contributed by atoms with Crippen LogP contribution in [-0.2, 0) is 4.79 Å². The van der Waals surface area contributed by atoms with Gasteiger partial charge in [-0.25, -0.2) is 0 Å². The van der Waals surface area contributed by atoms with Crippen molar-refractivity contribution < 1.29 is 4.79 Å². The minimum atomic E-state index is -0.0834. The Morgan fingerprint density at radius 3 is 2.67 bits per heavy atom. The van der Waals surface area contributed by atoms with Gasteiger partial charge in [0, 0.05) is 24.6 Å². The number of hydrogen-bond acceptors (Lipinski definition) is 3. The molecule has 0 bridgehead atoms. The van der Waals surface area contributed by atoms with E-state index in [0.717, 1.165) is 25.1 Å². The minimum Gasteiger partial charge on any atom is -0.310 e. The van der Waals surface area contributed by atoms with Crippen molar-refractivity contribution in [3.05, 3.63) is 24.5 Å². The number of carbonyl (C=O) groups excluding carboxylic acids is 1. The van der Waals surface area contributed by atoms with E-state index in [1.165, 1.54) is 0 Å². The fraction of sp³-hybridized carbons (Fsp3) is 0.571. The number of pyridine rings is 1. The summed E-state index contributed by atoms with van der Waals surface area (Å²) in [6, 6.07) is 3.71. The maximum absolute atomic E-state index is 12.5. The largest absolute Gasteiger partial charge is 0.310 e. The number of carbonyl (C=O) groups is 1. The standard InChI is InChI=1S/C14H21N3O/c1-14(2)7-4-12(15-3)13(18)17(10-14)11-5-8-16-9-6-11/h5-6,8-9,12,15H,4,7,10H2,1-3H3. The zero-order valence-electron chi connectivity index (χ0n) is 11.3. The van der Waals surface area contributed by atoms with Gasteiger partial charge < -0.3 is 10.2 Å². The van der Waals surface area contributed by atoms with E-state index in [0.29, 0.717) is 0 Å². The van der Waals surface area contributed by atoms with Crippen LogP contribution in [0.2, 0.25) is 0 Å². The summed E-state index contributed by atoms with van der Waals surface area (Å²) in [5.74, 6) is 0.161. The molecule has 1 N–H and O–H groups in total. The van der Waals surface area contributed by atoms with E-state index in [4.69, 9.17) is 0 Å². The molecule has 1 saturated heterocycles. The summed E-state index contributed by atoms with van der Waals surface area (Å²) in [5, 5.41) is 3.12. The first-order valence-electron chi connectivity index (χ1n) is 6.42. The van der Waals surface area contributed by atoms with Gasteiger partial charge in [-0.15, -0.1) is 0 Å². The lowest BCUT2D eigenvalue weighted by molar-refractivity contribution is -0.120. The van der Waals surface area contributed by atoms with Gasteiger partial charge in [-0.05, 0) is 37.4 Å². The molecule has 4 nitrogen and oxygen atoms in total. The second-order valence-corrected chi connectivity index (χ2v) is 5.67. The molecule has 1 fully saturated rings. The third kappa shape index (κ3) is 2.70. The lowest BCUT2D eigenvalue weighted by Crippen LogP contribution is -2.45. The molecule has 0 aliphatic carbocycles. The van der Waals surface area contributed by atoms with Crippen molar-refractivity contribution >= 4 is 11.6 Å². The quantitative estimate of drug-likeness (QED) is 0.867. The molecule has 1 aliphatic rings. The van der Waals surface area contributed by atoms with Crippen molar-refractivity contribution in [1.29, 1.82) is 0 Å². The van der Waals surface area contributed by atoms with E-state index >= 15 is 0 Å². The zero-order valence-corrected chi connectivity index (χ0v) is 11.3. The summed E-state index contributed by atoms with van der Waals surface area (Å²) in [7, 11) is 1.85. The Morgan fingerprint density at radius 2 is 2.06 bits per heavy atom. The minimum absolute atomic E-state index is 0.0834. The lowest BCUT2D eigenvalue weighted by Gasteiger charge is -2.30. The molecule has 0 spiro atoms. The number of anilines is 1. The third-order valence-electron chi connectivity index (χ3n) is 3.58. The van der Waals surface area contributed by atoms with Gasteiger partial charge >= 0.3 is 0 Å². The summed E-state index contributed by atoms with van der Waals surface area (Å²) < 4.78 is 0. The third-order valence-corrected chi connectivity index (χ3v) is 3.58. The highest BCUT2D eigenvalue weighted by Gasteiger charge is 2.34. The number of aromatic nitrogens is 1. The Labute approximate surface area is 108 Å². The van der Waals surface area contributed by atoms with Crippen molar-refractivity contribution in [2.75, 3.05) is 18.5 Å². The van der Waals surface area contributed by atoms with Gasteiger partial charge in [-0.2, -0.15) is 0 Å². The molecule has 2 rings (SSSR count). The molecular formula is C14H21N3O. The Balaban J connectivity index is 2.32. The van der Waals surface area contributed by atoms with Crippen LogP contribution in [-0.4, -0.2) is 30.5 Å². The van der Waals surface area contributed by atoms with Crippen LogP contribution in [0.4, 0.5) is 5.69 Å². The predicted molar refractivity (Wildman–Crippen MR) is 72.5 cm³/mol. The van der Waals surface area contributed by atoms with E-state index in [2.05, 4.69) is 24.1 Å². The Bertz CT molecular complexity index is 416. The van der Waals surface area contributed by atoms with Crippen molar-refractivity contribution in [3.8, 4) is 0 Å². The Morgan fingerprint density at radius 1 is 1.39 bits per heavy atom. The van der Waals surface area contributed by atoms with Crippen LogP contribution in [0.25, 0.3) is 0 Å². The molecule has 2 heterocycles. The molecule has 0 aromatic carbocycles. The average Bonchev–Trinajstić information content (AvgIpc) is 2.48. The van der Waals surface area contributed by atoms with Gasteiger partial charge in [0.05, 0.1) is 6.04 Å². The molecule has 18 heavy (non-hydrogen) atoms. The molecule has 1 aromatic rings. The van der Waals surface area contributed by atoms with Crippen molar-refractivity contribution in [3.63, 3.8) is 0 Å². The second kappa shape index (κ2) is 5.06. The monoisotopic (exact) mass is 247 g/mol. The molecular weight excluding hydrogens is 226 g/mol. The van der Waals surface area contributed by atoms with Crippen LogP contribution in [0, 0.1) is 5.41 Å². The highest BCUT2D eigenvalue weighted by molar-refractivity contribution is 5.97. The lowest BCUT2D eigenvalue weighted by atomic mass is 9.87. The smallest absolute Gasteiger partial charge is 0.244 e. The maximum atomic E-state index is 12.5. The number of amides is 1. The van der Waals surface area contributed by atoms with Crippen molar-refractivity contribution in [2.45, 2.75) is 32.7 Å². The van der Waals surface area contributed by atoms with Crippen LogP contribution in [0.15, 0.2) is 24.5 Å². The number of hydrogen-bond donors (Lipinski definition) is 1. The summed E-state index contributed by atoms with van der Waals surface area (Å²) in [4.78, 5) is 18.4.